The normalized spacial score (nSPS) is 16.4. The molecular formula is C13H18N4. The van der Waals surface area contributed by atoms with Gasteiger partial charge in [0.1, 0.15) is 11.9 Å². The number of anilines is 1. The molecule has 4 heteroatoms. The van der Waals surface area contributed by atoms with E-state index in [1.165, 1.54) is 32.4 Å². The molecule has 0 bridgehead atoms. The Kier molecular flexibility index (Phi) is 4.34. The molecule has 90 valence electrons. The highest BCUT2D eigenvalue weighted by Crippen LogP contribution is 2.08. The summed E-state index contributed by atoms with van der Waals surface area (Å²) in [5.41, 5.74) is 0.603. The van der Waals surface area contributed by atoms with E-state index in [-0.39, 0.29) is 0 Å². The van der Waals surface area contributed by atoms with Crippen molar-refractivity contribution < 1.29 is 0 Å². The largest absolute Gasteiger partial charge is 0.369 e. The summed E-state index contributed by atoms with van der Waals surface area (Å²) in [5.74, 6) is 0.848. The number of pyridine rings is 1. The smallest absolute Gasteiger partial charge is 0.126 e. The Bertz CT molecular complexity index is 373. The fourth-order valence-corrected chi connectivity index (χ4v) is 2.09. The molecule has 1 aromatic rings. The maximum atomic E-state index is 8.66. The van der Waals surface area contributed by atoms with E-state index in [9.17, 15) is 0 Å². The van der Waals surface area contributed by atoms with E-state index in [2.05, 4.69) is 21.3 Å². The fraction of sp³-hybridized carbons (Fsp3) is 0.538. The molecule has 0 aromatic carbocycles. The van der Waals surface area contributed by atoms with Gasteiger partial charge in [-0.05, 0) is 38.1 Å². The number of rotatable bonds is 4. The van der Waals surface area contributed by atoms with Gasteiger partial charge in [-0.2, -0.15) is 5.26 Å². The zero-order chi connectivity index (χ0) is 11.9. The maximum absolute atomic E-state index is 8.66. The molecule has 0 radical (unpaired) electrons. The third kappa shape index (κ3) is 3.72. The van der Waals surface area contributed by atoms with Crippen LogP contribution in [0.15, 0.2) is 18.3 Å². The van der Waals surface area contributed by atoms with E-state index in [1.54, 1.807) is 12.3 Å². The van der Waals surface area contributed by atoms with E-state index in [0.717, 1.165) is 18.9 Å². The number of nitriles is 1. The summed E-state index contributed by atoms with van der Waals surface area (Å²) in [6.45, 7) is 4.44. The van der Waals surface area contributed by atoms with E-state index in [1.807, 2.05) is 6.07 Å². The SMILES string of the molecule is N#Cc1ccc(NCCN2CCCCC2)nc1. The molecule has 1 saturated heterocycles. The molecule has 1 aliphatic heterocycles. The lowest BCUT2D eigenvalue weighted by Crippen LogP contribution is -2.33. The van der Waals surface area contributed by atoms with Crippen LogP contribution in [0.4, 0.5) is 5.82 Å². The summed E-state index contributed by atoms with van der Waals surface area (Å²) < 4.78 is 0. The van der Waals surface area contributed by atoms with E-state index >= 15 is 0 Å². The Labute approximate surface area is 102 Å². The maximum Gasteiger partial charge on any atom is 0.126 e. The van der Waals surface area contributed by atoms with Gasteiger partial charge in [0, 0.05) is 19.3 Å². The lowest BCUT2D eigenvalue weighted by atomic mass is 10.1. The van der Waals surface area contributed by atoms with Crippen LogP contribution < -0.4 is 5.32 Å². The Morgan fingerprint density at radius 1 is 1.29 bits per heavy atom. The second-order valence-electron chi connectivity index (χ2n) is 4.37. The van der Waals surface area contributed by atoms with Crippen molar-refractivity contribution in [3.63, 3.8) is 0 Å². The Balaban J connectivity index is 1.72. The lowest BCUT2D eigenvalue weighted by Gasteiger charge is -2.26. The summed E-state index contributed by atoms with van der Waals surface area (Å²) in [4.78, 5) is 6.67. The van der Waals surface area contributed by atoms with E-state index in [0.29, 0.717) is 5.56 Å². The molecule has 4 nitrogen and oxygen atoms in total. The molecular weight excluding hydrogens is 212 g/mol. The second-order valence-corrected chi connectivity index (χ2v) is 4.37. The summed E-state index contributed by atoms with van der Waals surface area (Å²) in [5, 5.41) is 11.9. The van der Waals surface area contributed by atoms with Crippen molar-refractivity contribution in [2.75, 3.05) is 31.5 Å². The average molecular weight is 230 g/mol. The van der Waals surface area contributed by atoms with Crippen LogP contribution in [0.1, 0.15) is 24.8 Å². The summed E-state index contributed by atoms with van der Waals surface area (Å²) >= 11 is 0. The van der Waals surface area contributed by atoms with Gasteiger partial charge in [-0.1, -0.05) is 6.42 Å². The minimum absolute atomic E-state index is 0.603. The molecule has 2 heterocycles. The zero-order valence-corrected chi connectivity index (χ0v) is 10.0. The van der Waals surface area contributed by atoms with Crippen LogP contribution in [0, 0.1) is 11.3 Å². The van der Waals surface area contributed by atoms with Gasteiger partial charge in [-0.25, -0.2) is 4.98 Å². The van der Waals surface area contributed by atoms with Gasteiger partial charge in [0.25, 0.3) is 0 Å². The summed E-state index contributed by atoms with van der Waals surface area (Å²) in [6.07, 6.45) is 5.63. The zero-order valence-electron chi connectivity index (χ0n) is 10.0. The number of likely N-dealkylation sites (tertiary alicyclic amines) is 1. The van der Waals surface area contributed by atoms with Crippen LogP contribution in [0.5, 0.6) is 0 Å². The fourth-order valence-electron chi connectivity index (χ4n) is 2.09. The van der Waals surface area contributed by atoms with Crippen LogP contribution in [0.2, 0.25) is 0 Å². The Hall–Kier alpha value is -1.60. The van der Waals surface area contributed by atoms with Crippen LogP contribution in [0.3, 0.4) is 0 Å². The van der Waals surface area contributed by atoms with Crippen molar-refractivity contribution in [3.8, 4) is 6.07 Å². The van der Waals surface area contributed by atoms with Crippen molar-refractivity contribution >= 4 is 5.82 Å². The standard InChI is InChI=1S/C13H18N4/c14-10-12-4-5-13(16-11-12)15-6-9-17-7-2-1-3-8-17/h4-5,11H,1-3,6-9H2,(H,15,16). The number of nitrogens with zero attached hydrogens (tertiary/aromatic N) is 3. The third-order valence-electron chi connectivity index (χ3n) is 3.08. The number of piperidine rings is 1. The number of hydrogen-bond acceptors (Lipinski definition) is 4. The molecule has 0 amide bonds. The van der Waals surface area contributed by atoms with Crippen LogP contribution in [-0.4, -0.2) is 36.1 Å². The highest BCUT2D eigenvalue weighted by molar-refractivity contribution is 5.38. The van der Waals surface area contributed by atoms with Crippen molar-refractivity contribution in [1.82, 2.24) is 9.88 Å². The minimum Gasteiger partial charge on any atom is -0.369 e. The molecule has 1 fully saturated rings. The lowest BCUT2D eigenvalue weighted by molar-refractivity contribution is 0.237. The highest BCUT2D eigenvalue weighted by Gasteiger charge is 2.08. The molecule has 0 aliphatic carbocycles. The second kappa shape index (κ2) is 6.21. The van der Waals surface area contributed by atoms with Crippen molar-refractivity contribution in [3.05, 3.63) is 23.9 Å². The molecule has 1 aromatic heterocycles. The first-order valence-corrected chi connectivity index (χ1v) is 6.21. The first-order chi connectivity index (χ1) is 8.38. The van der Waals surface area contributed by atoms with Crippen LogP contribution >= 0.6 is 0 Å². The monoisotopic (exact) mass is 230 g/mol. The number of aromatic nitrogens is 1. The van der Waals surface area contributed by atoms with Crippen LogP contribution in [-0.2, 0) is 0 Å². The van der Waals surface area contributed by atoms with Gasteiger partial charge < -0.3 is 10.2 Å². The molecule has 1 N–H and O–H groups in total. The van der Waals surface area contributed by atoms with Crippen molar-refractivity contribution in [2.45, 2.75) is 19.3 Å². The topological polar surface area (TPSA) is 52.0 Å². The molecule has 0 unspecified atom stereocenters. The van der Waals surface area contributed by atoms with Crippen LogP contribution in [0.25, 0.3) is 0 Å². The van der Waals surface area contributed by atoms with E-state index < -0.39 is 0 Å². The van der Waals surface area contributed by atoms with Gasteiger partial charge in [0.2, 0.25) is 0 Å². The van der Waals surface area contributed by atoms with E-state index in [4.69, 9.17) is 5.26 Å². The first-order valence-electron chi connectivity index (χ1n) is 6.21. The molecule has 2 rings (SSSR count). The van der Waals surface area contributed by atoms with Gasteiger partial charge in [0.05, 0.1) is 5.56 Å². The van der Waals surface area contributed by atoms with Gasteiger partial charge in [-0.3, -0.25) is 0 Å². The van der Waals surface area contributed by atoms with Gasteiger partial charge in [-0.15, -0.1) is 0 Å². The highest BCUT2D eigenvalue weighted by atomic mass is 15.1. The summed E-state index contributed by atoms with van der Waals surface area (Å²) in [7, 11) is 0. The van der Waals surface area contributed by atoms with Gasteiger partial charge in [0.15, 0.2) is 0 Å². The first kappa shape index (κ1) is 11.9. The quantitative estimate of drug-likeness (QED) is 0.857. The average Bonchev–Trinajstić information content (AvgIpc) is 2.41. The molecule has 17 heavy (non-hydrogen) atoms. The molecule has 0 spiro atoms. The Morgan fingerprint density at radius 3 is 2.76 bits per heavy atom. The molecule has 0 atom stereocenters. The predicted octanol–water partition coefficient (Wildman–Crippen LogP) is 1.85. The predicted molar refractivity (Wildman–Crippen MR) is 67.7 cm³/mol. The van der Waals surface area contributed by atoms with Gasteiger partial charge >= 0.3 is 0 Å². The summed E-state index contributed by atoms with van der Waals surface area (Å²) in [6, 6.07) is 5.71. The number of hydrogen-bond donors (Lipinski definition) is 1. The number of nitrogens with one attached hydrogen (secondary N) is 1. The van der Waals surface area contributed by atoms with Crippen molar-refractivity contribution in [1.29, 1.82) is 5.26 Å². The molecule has 1 aliphatic rings. The van der Waals surface area contributed by atoms with Crippen molar-refractivity contribution in [2.24, 2.45) is 0 Å². The minimum atomic E-state index is 0.603. The molecule has 0 saturated carbocycles. The Morgan fingerprint density at radius 2 is 2.12 bits per heavy atom. The third-order valence-corrected chi connectivity index (χ3v) is 3.08.